The van der Waals surface area contributed by atoms with Gasteiger partial charge in [0, 0.05) is 12.2 Å². The molecule has 3 nitrogen and oxygen atoms in total. The Kier molecular flexibility index (Phi) is 5.22. The molecule has 0 saturated heterocycles. The van der Waals surface area contributed by atoms with Gasteiger partial charge in [0.1, 0.15) is 0 Å². The van der Waals surface area contributed by atoms with Crippen LogP contribution in [0.25, 0.3) is 0 Å². The van der Waals surface area contributed by atoms with Gasteiger partial charge in [-0.2, -0.15) is 0 Å². The summed E-state index contributed by atoms with van der Waals surface area (Å²) in [6, 6.07) is 0.307. The molecule has 0 atom stereocenters. The molecule has 0 aliphatic heterocycles. The summed E-state index contributed by atoms with van der Waals surface area (Å²) < 4.78 is 0. The third kappa shape index (κ3) is 5.45. The maximum absolute atomic E-state index is 11.5. The summed E-state index contributed by atoms with van der Waals surface area (Å²) in [6.07, 6.45) is 9.11. The van der Waals surface area contributed by atoms with Crippen molar-refractivity contribution in [1.82, 2.24) is 10.6 Å². The number of rotatable bonds is 2. The summed E-state index contributed by atoms with van der Waals surface area (Å²) in [5, 5.41) is 5.76. The van der Waals surface area contributed by atoms with Crippen LogP contribution >= 0.6 is 0 Å². The van der Waals surface area contributed by atoms with E-state index in [0.717, 1.165) is 18.4 Å². The Bertz CT molecular complexity index is 224. The van der Waals surface area contributed by atoms with Crippen molar-refractivity contribution in [2.45, 2.75) is 58.4 Å². The van der Waals surface area contributed by atoms with Crippen LogP contribution in [0, 0.1) is 0 Å². The van der Waals surface area contributed by atoms with Gasteiger partial charge in [-0.05, 0) is 26.7 Å². The van der Waals surface area contributed by atoms with E-state index in [-0.39, 0.29) is 6.03 Å². The van der Waals surface area contributed by atoms with Gasteiger partial charge >= 0.3 is 6.03 Å². The molecule has 1 aliphatic rings. The highest BCUT2D eigenvalue weighted by molar-refractivity contribution is 5.75. The summed E-state index contributed by atoms with van der Waals surface area (Å²) in [7, 11) is 0. The van der Waals surface area contributed by atoms with E-state index in [0.29, 0.717) is 6.04 Å². The summed E-state index contributed by atoms with van der Waals surface area (Å²) >= 11 is 0. The molecule has 0 bridgehead atoms. The van der Waals surface area contributed by atoms with Gasteiger partial charge in [-0.3, -0.25) is 0 Å². The van der Waals surface area contributed by atoms with Crippen LogP contribution in [0.15, 0.2) is 11.8 Å². The smallest absolute Gasteiger partial charge is 0.318 e. The number of allylic oxidation sites excluding steroid dienone is 1. The second kappa shape index (κ2) is 6.49. The highest BCUT2D eigenvalue weighted by atomic mass is 16.2. The topological polar surface area (TPSA) is 41.1 Å². The molecule has 2 amide bonds. The summed E-state index contributed by atoms with van der Waals surface area (Å²) in [5.41, 5.74) is 1.10. The zero-order chi connectivity index (χ0) is 11.1. The summed E-state index contributed by atoms with van der Waals surface area (Å²) in [4.78, 5) is 11.5. The molecule has 0 radical (unpaired) electrons. The van der Waals surface area contributed by atoms with E-state index >= 15 is 0 Å². The van der Waals surface area contributed by atoms with Crippen molar-refractivity contribution < 1.29 is 4.79 Å². The van der Waals surface area contributed by atoms with Gasteiger partial charge in [0.25, 0.3) is 0 Å². The number of nitrogens with one attached hydrogen (secondary N) is 2. The lowest BCUT2D eigenvalue weighted by molar-refractivity contribution is 0.239. The Balaban J connectivity index is 2.26. The van der Waals surface area contributed by atoms with Crippen LogP contribution in [0.1, 0.15) is 52.4 Å². The van der Waals surface area contributed by atoms with Gasteiger partial charge < -0.3 is 10.6 Å². The van der Waals surface area contributed by atoms with Crippen molar-refractivity contribution in [2.75, 3.05) is 0 Å². The maximum Gasteiger partial charge on any atom is 0.318 e. The molecule has 1 aliphatic carbocycles. The lowest BCUT2D eigenvalue weighted by Gasteiger charge is -2.15. The standard InChI is InChI=1S/C12H22N2O/c1-10(2)9-13-12(15)14-11-7-5-3-4-6-8-11/h9,11H,3-8H2,1-2H3,(H2,13,14,15). The average molecular weight is 210 g/mol. The van der Waals surface area contributed by atoms with Crippen molar-refractivity contribution in [1.29, 1.82) is 0 Å². The molecule has 15 heavy (non-hydrogen) atoms. The average Bonchev–Trinajstić information content (AvgIpc) is 2.43. The highest BCUT2D eigenvalue weighted by Crippen LogP contribution is 2.16. The molecule has 1 fully saturated rings. The third-order valence-electron chi connectivity index (χ3n) is 2.68. The number of urea groups is 1. The molecule has 1 rings (SSSR count). The highest BCUT2D eigenvalue weighted by Gasteiger charge is 2.13. The molecule has 0 aromatic heterocycles. The Morgan fingerprint density at radius 1 is 1.13 bits per heavy atom. The van der Waals surface area contributed by atoms with Crippen LogP contribution in [0.2, 0.25) is 0 Å². The number of hydrogen-bond donors (Lipinski definition) is 2. The van der Waals surface area contributed by atoms with Gasteiger partial charge in [0.05, 0.1) is 0 Å². The minimum Gasteiger partial charge on any atom is -0.335 e. The summed E-state index contributed by atoms with van der Waals surface area (Å²) in [6.45, 7) is 3.93. The molecule has 3 heteroatoms. The number of carbonyl (C=O) groups excluding carboxylic acids is 1. The van der Waals surface area contributed by atoms with E-state index in [1.807, 2.05) is 13.8 Å². The van der Waals surface area contributed by atoms with Crippen LogP contribution < -0.4 is 10.6 Å². The number of carbonyl (C=O) groups is 1. The van der Waals surface area contributed by atoms with E-state index in [9.17, 15) is 4.79 Å². The molecule has 0 aromatic carbocycles. The Morgan fingerprint density at radius 2 is 1.73 bits per heavy atom. The molecule has 0 unspecified atom stereocenters. The minimum atomic E-state index is -0.0666. The van der Waals surface area contributed by atoms with Gasteiger partial charge in [-0.25, -0.2) is 4.79 Å². The molecular formula is C12H22N2O. The van der Waals surface area contributed by atoms with Crippen molar-refractivity contribution >= 4 is 6.03 Å². The second-order valence-corrected chi connectivity index (χ2v) is 4.53. The van der Waals surface area contributed by atoms with Crippen LogP contribution in [-0.2, 0) is 0 Å². The van der Waals surface area contributed by atoms with E-state index in [2.05, 4.69) is 10.6 Å². The lowest BCUT2D eigenvalue weighted by Crippen LogP contribution is -2.39. The maximum atomic E-state index is 11.5. The quantitative estimate of drug-likeness (QED) is 0.676. The van der Waals surface area contributed by atoms with Crippen molar-refractivity contribution in [2.24, 2.45) is 0 Å². The van der Waals surface area contributed by atoms with Crippen molar-refractivity contribution in [3.8, 4) is 0 Å². The number of amides is 2. The fourth-order valence-corrected chi connectivity index (χ4v) is 1.86. The Hall–Kier alpha value is -0.990. The van der Waals surface area contributed by atoms with Gasteiger partial charge in [0.2, 0.25) is 0 Å². The first kappa shape index (κ1) is 12.1. The molecule has 2 N–H and O–H groups in total. The molecule has 1 saturated carbocycles. The normalized spacial score (nSPS) is 17.7. The van der Waals surface area contributed by atoms with E-state index in [4.69, 9.17) is 0 Å². The van der Waals surface area contributed by atoms with Crippen LogP contribution in [0.5, 0.6) is 0 Å². The molecule has 0 heterocycles. The molecule has 0 aromatic rings. The first-order chi connectivity index (χ1) is 7.18. The first-order valence-electron chi connectivity index (χ1n) is 5.89. The predicted molar refractivity (Wildman–Crippen MR) is 62.6 cm³/mol. The van der Waals surface area contributed by atoms with E-state index in [1.54, 1.807) is 6.20 Å². The fraction of sp³-hybridized carbons (Fsp3) is 0.750. The van der Waals surface area contributed by atoms with E-state index < -0.39 is 0 Å². The first-order valence-corrected chi connectivity index (χ1v) is 5.89. The predicted octanol–water partition coefficient (Wildman–Crippen LogP) is 2.93. The minimum absolute atomic E-state index is 0.0666. The van der Waals surface area contributed by atoms with Crippen molar-refractivity contribution in [3.63, 3.8) is 0 Å². The van der Waals surface area contributed by atoms with Crippen LogP contribution in [0.3, 0.4) is 0 Å². The van der Waals surface area contributed by atoms with Gasteiger partial charge in [-0.15, -0.1) is 0 Å². The molecule has 86 valence electrons. The van der Waals surface area contributed by atoms with Gasteiger partial charge in [-0.1, -0.05) is 31.3 Å². The lowest BCUT2D eigenvalue weighted by atomic mass is 10.1. The van der Waals surface area contributed by atoms with Gasteiger partial charge in [0.15, 0.2) is 0 Å². The molecular weight excluding hydrogens is 188 g/mol. The Labute approximate surface area is 92.3 Å². The second-order valence-electron chi connectivity index (χ2n) is 4.53. The third-order valence-corrected chi connectivity index (χ3v) is 2.68. The zero-order valence-electron chi connectivity index (χ0n) is 9.81. The largest absolute Gasteiger partial charge is 0.335 e. The van der Waals surface area contributed by atoms with Crippen LogP contribution in [0.4, 0.5) is 4.79 Å². The van der Waals surface area contributed by atoms with E-state index in [1.165, 1.54) is 25.7 Å². The SMILES string of the molecule is CC(C)=CNC(=O)NC1CCCCCC1. The summed E-state index contributed by atoms with van der Waals surface area (Å²) in [5.74, 6) is 0. The Morgan fingerprint density at radius 3 is 2.27 bits per heavy atom. The number of hydrogen-bond acceptors (Lipinski definition) is 1. The fourth-order valence-electron chi connectivity index (χ4n) is 1.86. The monoisotopic (exact) mass is 210 g/mol. The zero-order valence-corrected chi connectivity index (χ0v) is 9.81. The van der Waals surface area contributed by atoms with Crippen LogP contribution in [-0.4, -0.2) is 12.1 Å². The van der Waals surface area contributed by atoms with Crippen molar-refractivity contribution in [3.05, 3.63) is 11.8 Å². The molecule has 0 spiro atoms.